The number of amides is 1. The second-order valence-electron chi connectivity index (χ2n) is 5.55. The van der Waals surface area contributed by atoms with Crippen molar-refractivity contribution in [2.24, 2.45) is 5.92 Å². The molecule has 0 bridgehead atoms. The molecule has 1 saturated heterocycles. The van der Waals surface area contributed by atoms with E-state index in [2.05, 4.69) is 10.5 Å². The lowest BCUT2D eigenvalue weighted by Gasteiger charge is -2.14. The first-order valence-corrected chi connectivity index (χ1v) is 7.71. The quantitative estimate of drug-likeness (QED) is 0.941. The van der Waals surface area contributed by atoms with Crippen LogP contribution in [0.25, 0.3) is 11.3 Å². The van der Waals surface area contributed by atoms with Crippen LogP contribution < -0.4 is 5.32 Å². The van der Waals surface area contributed by atoms with Gasteiger partial charge in [0.2, 0.25) is 0 Å². The molecule has 22 heavy (non-hydrogen) atoms. The number of likely N-dealkylation sites (tertiary alicyclic amines) is 1. The Hall–Kier alpha value is -1.85. The number of aromatic nitrogens is 1. The van der Waals surface area contributed by atoms with Gasteiger partial charge >= 0.3 is 0 Å². The van der Waals surface area contributed by atoms with Crippen LogP contribution in [0.3, 0.4) is 0 Å². The summed E-state index contributed by atoms with van der Waals surface area (Å²) in [5, 5.41) is 7.73. The van der Waals surface area contributed by atoms with Crippen molar-refractivity contribution in [3.63, 3.8) is 0 Å². The van der Waals surface area contributed by atoms with Crippen LogP contribution in [-0.4, -0.2) is 42.6 Å². The van der Waals surface area contributed by atoms with Gasteiger partial charge in [-0.15, -0.1) is 0 Å². The van der Waals surface area contributed by atoms with Gasteiger partial charge in [0.15, 0.2) is 11.5 Å². The normalized spacial score (nSPS) is 17.9. The van der Waals surface area contributed by atoms with Gasteiger partial charge < -0.3 is 14.7 Å². The van der Waals surface area contributed by atoms with Crippen LogP contribution >= 0.6 is 11.6 Å². The highest BCUT2D eigenvalue weighted by molar-refractivity contribution is 6.30. The molecule has 1 aliphatic rings. The molecular weight excluding hydrogens is 302 g/mol. The standard InChI is InChI=1S/C16H18ClN3O2/c1-18-9-11-6-7-20(10-11)16(21)14-8-15(22-19-14)12-2-4-13(17)5-3-12/h2-5,8,11,18H,6-7,9-10H2,1H3. The number of hydrogen-bond acceptors (Lipinski definition) is 4. The van der Waals surface area contributed by atoms with Crippen LogP contribution in [0, 0.1) is 5.92 Å². The summed E-state index contributed by atoms with van der Waals surface area (Å²) in [6.45, 7) is 2.47. The molecule has 0 radical (unpaired) electrons. The van der Waals surface area contributed by atoms with E-state index in [-0.39, 0.29) is 5.91 Å². The molecule has 0 spiro atoms. The Morgan fingerprint density at radius 2 is 2.23 bits per heavy atom. The topological polar surface area (TPSA) is 58.4 Å². The molecular formula is C16H18ClN3O2. The highest BCUT2D eigenvalue weighted by Gasteiger charge is 2.28. The zero-order valence-electron chi connectivity index (χ0n) is 12.4. The third-order valence-electron chi connectivity index (χ3n) is 3.92. The van der Waals surface area contributed by atoms with Crippen molar-refractivity contribution < 1.29 is 9.32 Å². The van der Waals surface area contributed by atoms with Crippen molar-refractivity contribution in [3.05, 3.63) is 41.0 Å². The van der Waals surface area contributed by atoms with Gasteiger partial charge in [-0.3, -0.25) is 4.79 Å². The highest BCUT2D eigenvalue weighted by Crippen LogP contribution is 2.24. The first-order valence-electron chi connectivity index (χ1n) is 7.34. The molecule has 2 heterocycles. The summed E-state index contributed by atoms with van der Waals surface area (Å²) in [5.74, 6) is 1.02. The molecule has 1 aromatic heterocycles. The summed E-state index contributed by atoms with van der Waals surface area (Å²) in [7, 11) is 1.93. The van der Waals surface area contributed by atoms with Crippen molar-refractivity contribution in [1.82, 2.24) is 15.4 Å². The van der Waals surface area contributed by atoms with E-state index in [9.17, 15) is 4.79 Å². The smallest absolute Gasteiger partial charge is 0.276 e. The SMILES string of the molecule is CNCC1CCN(C(=O)c2cc(-c3ccc(Cl)cc3)on2)C1. The van der Waals surface area contributed by atoms with Gasteiger partial charge in [0, 0.05) is 29.7 Å². The number of carbonyl (C=O) groups is 1. The minimum absolute atomic E-state index is 0.0671. The molecule has 0 saturated carbocycles. The van der Waals surface area contributed by atoms with E-state index in [4.69, 9.17) is 16.1 Å². The largest absolute Gasteiger partial charge is 0.355 e. The Bertz CT molecular complexity index is 654. The molecule has 3 rings (SSSR count). The lowest BCUT2D eigenvalue weighted by molar-refractivity contribution is 0.0777. The molecule has 1 atom stereocenters. The van der Waals surface area contributed by atoms with E-state index >= 15 is 0 Å². The van der Waals surface area contributed by atoms with Gasteiger partial charge in [-0.1, -0.05) is 16.8 Å². The van der Waals surface area contributed by atoms with E-state index in [0.29, 0.717) is 22.4 Å². The minimum atomic E-state index is -0.0671. The molecule has 1 N–H and O–H groups in total. The van der Waals surface area contributed by atoms with Gasteiger partial charge in [-0.05, 0) is 50.2 Å². The molecule has 1 amide bonds. The third-order valence-corrected chi connectivity index (χ3v) is 4.18. The molecule has 5 nitrogen and oxygen atoms in total. The molecule has 6 heteroatoms. The van der Waals surface area contributed by atoms with Crippen molar-refractivity contribution in [2.45, 2.75) is 6.42 Å². The summed E-state index contributed by atoms with van der Waals surface area (Å²) in [6.07, 6.45) is 1.02. The summed E-state index contributed by atoms with van der Waals surface area (Å²) < 4.78 is 5.29. The van der Waals surface area contributed by atoms with Gasteiger partial charge in [-0.2, -0.15) is 0 Å². The van der Waals surface area contributed by atoms with Gasteiger partial charge in [0.1, 0.15) is 0 Å². The fourth-order valence-electron chi connectivity index (χ4n) is 2.76. The number of hydrogen-bond donors (Lipinski definition) is 1. The fourth-order valence-corrected chi connectivity index (χ4v) is 2.89. The monoisotopic (exact) mass is 319 g/mol. The van der Waals surface area contributed by atoms with Crippen molar-refractivity contribution in [3.8, 4) is 11.3 Å². The van der Waals surface area contributed by atoms with E-state index in [1.165, 1.54) is 0 Å². The zero-order chi connectivity index (χ0) is 15.5. The number of benzene rings is 1. The zero-order valence-corrected chi connectivity index (χ0v) is 13.1. The third kappa shape index (κ3) is 3.15. The lowest BCUT2D eigenvalue weighted by Crippen LogP contribution is -2.30. The van der Waals surface area contributed by atoms with Gasteiger partial charge in [0.25, 0.3) is 5.91 Å². The average Bonchev–Trinajstić information content (AvgIpc) is 3.17. The molecule has 2 aromatic rings. The molecule has 1 unspecified atom stereocenters. The molecule has 116 valence electrons. The maximum Gasteiger partial charge on any atom is 0.276 e. The highest BCUT2D eigenvalue weighted by atomic mass is 35.5. The van der Waals surface area contributed by atoms with E-state index in [1.807, 2.05) is 24.1 Å². The Morgan fingerprint density at radius 3 is 2.95 bits per heavy atom. The predicted molar refractivity (Wildman–Crippen MR) is 84.9 cm³/mol. The van der Waals surface area contributed by atoms with Crippen LogP contribution in [0.15, 0.2) is 34.9 Å². The Labute approximate surface area is 134 Å². The summed E-state index contributed by atoms with van der Waals surface area (Å²) in [5.41, 5.74) is 1.21. The maximum atomic E-state index is 12.5. The van der Waals surface area contributed by atoms with Crippen LogP contribution in [0.2, 0.25) is 5.02 Å². The number of halogens is 1. The van der Waals surface area contributed by atoms with Crippen LogP contribution in [0.4, 0.5) is 0 Å². The van der Waals surface area contributed by atoms with E-state index in [0.717, 1.165) is 31.6 Å². The number of carbonyl (C=O) groups excluding carboxylic acids is 1. The Balaban J connectivity index is 1.71. The van der Waals surface area contributed by atoms with Crippen LogP contribution in [0.5, 0.6) is 0 Å². The van der Waals surface area contributed by atoms with Crippen molar-refractivity contribution >= 4 is 17.5 Å². The lowest BCUT2D eigenvalue weighted by atomic mass is 10.1. The van der Waals surface area contributed by atoms with E-state index in [1.54, 1.807) is 18.2 Å². The first-order chi connectivity index (χ1) is 10.7. The summed E-state index contributed by atoms with van der Waals surface area (Å²) in [6, 6.07) is 8.94. The molecule has 1 aromatic carbocycles. The number of nitrogens with zero attached hydrogens (tertiary/aromatic N) is 2. The van der Waals surface area contributed by atoms with Gasteiger partial charge in [0.05, 0.1) is 0 Å². The predicted octanol–water partition coefficient (Wildman–Crippen LogP) is 2.68. The number of nitrogens with one attached hydrogen (secondary N) is 1. The van der Waals surface area contributed by atoms with Crippen molar-refractivity contribution in [1.29, 1.82) is 0 Å². The minimum Gasteiger partial charge on any atom is -0.355 e. The average molecular weight is 320 g/mol. The van der Waals surface area contributed by atoms with Crippen molar-refractivity contribution in [2.75, 3.05) is 26.7 Å². The maximum absolute atomic E-state index is 12.5. The van der Waals surface area contributed by atoms with Crippen LogP contribution in [-0.2, 0) is 0 Å². The molecule has 1 fully saturated rings. The summed E-state index contributed by atoms with van der Waals surface area (Å²) in [4.78, 5) is 14.3. The summed E-state index contributed by atoms with van der Waals surface area (Å²) >= 11 is 5.87. The van der Waals surface area contributed by atoms with Crippen LogP contribution in [0.1, 0.15) is 16.9 Å². The van der Waals surface area contributed by atoms with E-state index < -0.39 is 0 Å². The Kier molecular flexibility index (Phi) is 4.45. The molecule has 0 aliphatic carbocycles. The molecule has 1 aliphatic heterocycles. The Morgan fingerprint density at radius 1 is 1.45 bits per heavy atom. The first kappa shape index (κ1) is 15.1. The number of rotatable bonds is 4. The second kappa shape index (κ2) is 6.50. The van der Waals surface area contributed by atoms with Gasteiger partial charge in [-0.25, -0.2) is 0 Å². The fraction of sp³-hybridized carbons (Fsp3) is 0.375. The second-order valence-corrected chi connectivity index (χ2v) is 5.98.